The average Bonchev–Trinajstić information content (AvgIpc) is 3.20. The quantitative estimate of drug-likeness (QED) is 0.609. The van der Waals surface area contributed by atoms with Crippen molar-refractivity contribution in [2.45, 2.75) is 25.6 Å². The van der Waals surface area contributed by atoms with Gasteiger partial charge in [0.15, 0.2) is 5.60 Å². The Bertz CT molecular complexity index is 815. The molecule has 130 valence electrons. The number of esters is 1. The molecule has 0 radical (unpaired) electrons. The molecular weight excluding hydrogens is 367 g/mol. The third-order valence-corrected chi connectivity index (χ3v) is 4.08. The Labute approximate surface area is 153 Å². The number of ether oxygens (including phenoxy) is 1. The maximum absolute atomic E-state index is 11.9. The standard InChI is InChI=1S/C15H14Cl2N6O2/c1-11(24)25-15(5-22-9-18-7-20-22,6-23-10-19-8-21-23)13-3-2-12(16)4-14(13)17/h2-4,7-10H,5-6H2,1H3. The SMILES string of the molecule is CC(=O)OC(Cn1cncn1)(Cn1cncn1)c1ccc(Cl)cc1Cl. The van der Waals surface area contributed by atoms with Gasteiger partial charge in [0.05, 0.1) is 13.1 Å². The van der Waals surface area contributed by atoms with Crippen LogP contribution in [0.4, 0.5) is 0 Å². The van der Waals surface area contributed by atoms with E-state index in [1.165, 1.54) is 32.2 Å². The van der Waals surface area contributed by atoms with Gasteiger partial charge in [-0.1, -0.05) is 29.3 Å². The van der Waals surface area contributed by atoms with Gasteiger partial charge >= 0.3 is 5.97 Å². The summed E-state index contributed by atoms with van der Waals surface area (Å²) in [7, 11) is 0. The molecule has 0 amide bonds. The monoisotopic (exact) mass is 380 g/mol. The van der Waals surface area contributed by atoms with E-state index in [4.69, 9.17) is 27.9 Å². The van der Waals surface area contributed by atoms with E-state index in [0.717, 1.165) is 0 Å². The zero-order chi connectivity index (χ0) is 17.9. The molecule has 0 fully saturated rings. The minimum atomic E-state index is -1.17. The molecule has 8 nitrogen and oxygen atoms in total. The van der Waals surface area contributed by atoms with Crippen molar-refractivity contribution < 1.29 is 9.53 Å². The highest BCUT2D eigenvalue weighted by atomic mass is 35.5. The molecule has 3 aromatic rings. The molecule has 2 heterocycles. The lowest BCUT2D eigenvalue weighted by atomic mass is 9.92. The largest absolute Gasteiger partial charge is 0.450 e. The molecular formula is C15H14Cl2N6O2. The van der Waals surface area contributed by atoms with Crippen LogP contribution in [0.5, 0.6) is 0 Å². The van der Waals surface area contributed by atoms with Crippen LogP contribution in [0.1, 0.15) is 12.5 Å². The van der Waals surface area contributed by atoms with Crippen LogP contribution in [0.3, 0.4) is 0 Å². The number of aromatic nitrogens is 6. The Morgan fingerprint density at radius 2 is 1.72 bits per heavy atom. The number of benzene rings is 1. The molecule has 1 aromatic carbocycles. The Kier molecular flexibility index (Phi) is 5.00. The lowest BCUT2D eigenvalue weighted by Gasteiger charge is -2.34. The minimum absolute atomic E-state index is 0.188. The van der Waals surface area contributed by atoms with Crippen LogP contribution in [-0.2, 0) is 28.2 Å². The summed E-state index contributed by atoms with van der Waals surface area (Å²) < 4.78 is 8.87. The number of carbonyl (C=O) groups excluding carboxylic acids is 1. The fraction of sp³-hybridized carbons (Fsp3) is 0.267. The second-order valence-electron chi connectivity index (χ2n) is 5.40. The Morgan fingerprint density at radius 1 is 1.12 bits per heavy atom. The summed E-state index contributed by atoms with van der Waals surface area (Å²) in [6.07, 6.45) is 5.86. The molecule has 2 aromatic heterocycles. The lowest BCUT2D eigenvalue weighted by molar-refractivity contribution is -0.162. The summed E-state index contributed by atoms with van der Waals surface area (Å²) in [6, 6.07) is 5.00. The maximum Gasteiger partial charge on any atom is 0.303 e. The number of halogens is 2. The van der Waals surface area contributed by atoms with Gasteiger partial charge in [0, 0.05) is 22.5 Å². The second-order valence-corrected chi connectivity index (χ2v) is 6.24. The van der Waals surface area contributed by atoms with Gasteiger partial charge in [-0.15, -0.1) is 0 Å². The van der Waals surface area contributed by atoms with E-state index in [2.05, 4.69) is 20.2 Å². The van der Waals surface area contributed by atoms with E-state index in [0.29, 0.717) is 15.6 Å². The van der Waals surface area contributed by atoms with E-state index in [-0.39, 0.29) is 13.1 Å². The van der Waals surface area contributed by atoms with Gasteiger partial charge in [0.25, 0.3) is 0 Å². The van der Waals surface area contributed by atoms with Crippen LogP contribution in [0.2, 0.25) is 10.0 Å². The summed E-state index contributed by atoms with van der Waals surface area (Å²) in [5.41, 5.74) is -0.589. The van der Waals surface area contributed by atoms with Gasteiger partial charge in [0.1, 0.15) is 25.3 Å². The van der Waals surface area contributed by atoms with Crippen LogP contribution in [0, 0.1) is 0 Å². The summed E-state index contributed by atoms with van der Waals surface area (Å²) in [5, 5.41) is 9.07. The molecule has 0 saturated carbocycles. The van der Waals surface area contributed by atoms with Crippen molar-refractivity contribution in [3.63, 3.8) is 0 Å². The third kappa shape index (κ3) is 3.97. The molecule has 25 heavy (non-hydrogen) atoms. The summed E-state index contributed by atoms with van der Waals surface area (Å²) in [4.78, 5) is 19.8. The third-order valence-electron chi connectivity index (χ3n) is 3.53. The molecule has 3 rings (SSSR count). The van der Waals surface area contributed by atoms with Crippen LogP contribution in [0.15, 0.2) is 43.5 Å². The molecule has 0 aliphatic rings. The van der Waals surface area contributed by atoms with Gasteiger partial charge in [-0.05, 0) is 12.1 Å². The Morgan fingerprint density at radius 3 is 2.16 bits per heavy atom. The van der Waals surface area contributed by atoms with Gasteiger partial charge in [-0.3, -0.25) is 4.79 Å². The first kappa shape index (κ1) is 17.4. The summed E-state index contributed by atoms with van der Waals surface area (Å²) >= 11 is 12.4. The van der Waals surface area contributed by atoms with Crippen molar-refractivity contribution in [2.75, 3.05) is 0 Å². The van der Waals surface area contributed by atoms with E-state index in [9.17, 15) is 4.79 Å². The predicted molar refractivity (Wildman–Crippen MR) is 90.0 cm³/mol. The molecule has 0 N–H and O–H groups in total. The van der Waals surface area contributed by atoms with Gasteiger partial charge < -0.3 is 4.74 Å². The predicted octanol–water partition coefficient (Wildman–Crippen LogP) is 2.34. The first-order chi connectivity index (χ1) is 12.0. The van der Waals surface area contributed by atoms with Crippen molar-refractivity contribution in [1.82, 2.24) is 29.5 Å². The maximum atomic E-state index is 11.9. The number of hydrogen-bond donors (Lipinski definition) is 0. The van der Waals surface area contributed by atoms with E-state index in [1.807, 2.05) is 0 Å². The first-order valence-electron chi connectivity index (χ1n) is 7.28. The molecule has 0 aliphatic carbocycles. The molecule has 0 saturated heterocycles. The van der Waals surface area contributed by atoms with Gasteiger partial charge in [-0.2, -0.15) is 10.2 Å². The minimum Gasteiger partial charge on any atom is -0.450 e. The molecule has 0 spiro atoms. The smallest absolute Gasteiger partial charge is 0.303 e. The first-order valence-corrected chi connectivity index (χ1v) is 8.04. The van der Waals surface area contributed by atoms with Crippen molar-refractivity contribution >= 4 is 29.2 Å². The van der Waals surface area contributed by atoms with Crippen LogP contribution in [-0.4, -0.2) is 35.5 Å². The Hall–Kier alpha value is -2.45. The lowest BCUT2D eigenvalue weighted by Crippen LogP contribution is -2.41. The second kappa shape index (κ2) is 7.20. The summed E-state index contributed by atoms with van der Waals surface area (Å²) in [6.45, 7) is 1.71. The molecule has 0 unspecified atom stereocenters. The van der Waals surface area contributed by atoms with Crippen molar-refractivity contribution in [2.24, 2.45) is 0 Å². The molecule has 10 heteroatoms. The number of hydrogen-bond acceptors (Lipinski definition) is 6. The van der Waals surface area contributed by atoms with E-state index in [1.54, 1.807) is 27.6 Å². The van der Waals surface area contributed by atoms with Crippen LogP contribution >= 0.6 is 23.2 Å². The normalized spacial score (nSPS) is 11.5. The van der Waals surface area contributed by atoms with Crippen LogP contribution in [0.25, 0.3) is 0 Å². The Balaban J connectivity index is 2.13. The van der Waals surface area contributed by atoms with Gasteiger partial charge in [0.2, 0.25) is 0 Å². The van der Waals surface area contributed by atoms with Crippen LogP contribution < -0.4 is 0 Å². The highest BCUT2D eigenvalue weighted by Crippen LogP contribution is 2.36. The van der Waals surface area contributed by atoms with E-state index < -0.39 is 11.6 Å². The molecule has 0 atom stereocenters. The zero-order valence-electron chi connectivity index (χ0n) is 13.2. The van der Waals surface area contributed by atoms with Crippen molar-refractivity contribution in [1.29, 1.82) is 0 Å². The fourth-order valence-electron chi connectivity index (χ4n) is 2.63. The number of rotatable bonds is 6. The highest BCUT2D eigenvalue weighted by molar-refractivity contribution is 6.35. The van der Waals surface area contributed by atoms with E-state index >= 15 is 0 Å². The summed E-state index contributed by atoms with van der Waals surface area (Å²) in [5.74, 6) is -0.466. The van der Waals surface area contributed by atoms with Gasteiger partial charge in [-0.25, -0.2) is 19.3 Å². The zero-order valence-corrected chi connectivity index (χ0v) is 14.7. The highest BCUT2D eigenvalue weighted by Gasteiger charge is 2.39. The topological polar surface area (TPSA) is 87.7 Å². The van der Waals surface area contributed by atoms with Crippen molar-refractivity contribution in [3.05, 3.63) is 59.1 Å². The number of carbonyl (C=O) groups is 1. The number of nitrogens with zero attached hydrogens (tertiary/aromatic N) is 6. The molecule has 0 aliphatic heterocycles. The molecule has 0 bridgehead atoms. The fourth-order valence-corrected chi connectivity index (χ4v) is 3.21. The average molecular weight is 381 g/mol. The van der Waals surface area contributed by atoms with Crippen molar-refractivity contribution in [3.8, 4) is 0 Å².